The van der Waals surface area contributed by atoms with Gasteiger partial charge in [0.1, 0.15) is 11.7 Å². The van der Waals surface area contributed by atoms with Crippen LogP contribution < -0.4 is 14.8 Å². The van der Waals surface area contributed by atoms with Crippen molar-refractivity contribution in [1.29, 1.82) is 0 Å². The monoisotopic (exact) mass is 330 g/mol. The molecule has 6 nitrogen and oxygen atoms in total. The maximum atomic E-state index is 12.5. The van der Waals surface area contributed by atoms with Crippen LogP contribution >= 0.6 is 0 Å². The van der Waals surface area contributed by atoms with E-state index in [4.69, 9.17) is 14.0 Å². The normalized spacial score (nSPS) is 15.0. The summed E-state index contributed by atoms with van der Waals surface area (Å²) in [5.41, 5.74) is 1.20. The van der Waals surface area contributed by atoms with Gasteiger partial charge in [-0.3, -0.25) is 4.79 Å². The van der Waals surface area contributed by atoms with Gasteiger partial charge in [0.15, 0.2) is 17.3 Å². The van der Waals surface area contributed by atoms with Gasteiger partial charge in [0.05, 0.1) is 19.3 Å². The van der Waals surface area contributed by atoms with Gasteiger partial charge in [-0.1, -0.05) is 17.3 Å². The zero-order chi connectivity index (χ0) is 17.1. The Hall–Kier alpha value is -2.50. The van der Waals surface area contributed by atoms with E-state index < -0.39 is 0 Å². The van der Waals surface area contributed by atoms with Crippen LogP contribution in [0.25, 0.3) is 0 Å². The fourth-order valence-electron chi connectivity index (χ4n) is 2.59. The molecule has 0 saturated heterocycles. The van der Waals surface area contributed by atoms with E-state index >= 15 is 0 Å². The van der Waals surface area contributed by atoms with E-state index in [1.807, 2.05) is 31.2 Å². The molecule has 3 rings (SSSR count). The maximum Gasteiger partial charge on any atom is 0.256 e. The lowest BCUT2D eigenvalue weighted by Crippen LogP contribution is -2.34. The van der Waals surface area contributed by atoms with Crippen LogP contribution in [0.1, 0.15) is 47.5 Å². The second kappa shape index (κ2) is 6.95. The Bertz CT molecular complexity index is 722. The average Bonchev–Trinajstić information content (AvgIpc) is 3.35. The van der Waals surface area contributed by atoms with Gasteiger partial charge < -0.3 is 19.3 Å². The molecule has 2 aromatic rings. The molecule has 128 valence electrons. The van der Waals surface area contributed by atoms with Crippen LogP contribution in [0.5, 0.6) is 11.5 Å². The Morgan fingerprint density at radius 3 is 2.75 bits per heavy atom. The first-order valence-electron chi connectivity index (χ1n) is 8.14. The van der Waals surface area contributed by atoms with E-state index in [-0.39, 0.29) is 12.0 Å². The van der Waals surface area contributed by atoms with Gasteiger partial charge >= 0.3 is 0 Å². The number of hydrogen-bond donors (Lipinski definition) is 1. The van der Waals surface area contributed by atoms with Gasteiger partial charge in [-0.05, 0) is 38.8 Å². The van der Waals surface area contributed by atoms with Crippen LogP contribution in [-0.2, 0) is 0 Å². The highest BCUT2D eigenvalue weighted by molar-refractivity contribution is 5.96. The van der Waals surface area contributed by atoms with Gasteiger partial charge in [-0.15, -0.1) is 0 Å². The average molecular weight is 330 g/mol. The number of ether oxygens (including phenoxy) is 2. The van der Waals surface area contributed by atoms with Crippen LogP contribution in [0, 0.1) is 6.92 Å². The summed E-state index contributed by atoms with van der Waals surface area (Å²) in [5.74, 6) is 2.21. The van der Waals surface area contributed by atoms with E-state index in [0.29, 0.717) is 41.0 Å². The van der Waals surface area contributed by atoms with Crippen molar-refractivity contribution in [3.8, 4) is 11.5 Å². The summed E-state index contributed by atoms with van der Waals surface area (Å²) in [6.07, 6.45) is 1.92. The summed E-state index contributed by atoms with van der Waals surface area (Å²) in [5, 5.41) is 6.83. The molecule has 0 spiro atoms. The molecule has 1 unspecified atom stereocenters. The van der Waals surface area contributed by atoms with E-state index in [1.165, 1.54) is 0 Å². The number of para-hydroxylation sites is 2. The molecule has 0 bridgehead atoms. The van der Waals surface area contributed by atoms with Crippen molar-refractivity contribution in [2.24, 2.45) is 0 Å². The highest BCUT2D eigenvalue weighted by Crippen LogP contribution is 2.42. The lowest BCUT2D eigenvalue weighted by atomic mass is 10.1. The van der Waals surface area contributed by atoms with Crippen LogP contribution in [-0.4, -0.2) is 30.8 Å². The third kappa shape index (κ3) is 3.53. The third-order valence-electron chi connectivity index (χ3n) is 4.01. The lowest BCUT2D eigenvalue weighted by molar-refractivity contribution is 0.0929. The van der Waals surface area contributed by atoms with Crippen LogP contribution in [0.2, 0.25) is 0 Å². The summed E-state index contributed by atoms with van der Waals surface area (Å²) in [6, 6.07) is 7.44. The number of aromatic nitrogens is 1. The first-order valence-corrected chi connectivity index (χ1v) is 8.14. The number of amides is 1. The molecule has 0 aliphatic heterocycles. The number of methoxy groups -OCH3 is 1. The standard InChI is InChI=1S/C18H22N2O4/c1-11(23-15-7-5-4-6-14(15)22-3)10-19-18(21)16-12(2)20-24-17(16)13-8-9-13/h4-7,11,13H,8-10H2,1-3H3,(H,19,21). The highest BCUT2D eigenvalue weighted by Gasteiger charge is 2.34. The fraction of sp³-hybridized carbons (Fsp3) is 0.444. The van der Waals surface area contributed by atoms with E-state index in [2.05, 4.69) is 10.5 Å². The molecule has 1 atom stereocenters. The minimum atomic E-state index is -0.199. The Morgan fingerprint density at radius 2 is 2.08 bits per heavy atom. The summed E-state index contributed by atoms with van der Waals surface area (Å²) in [4.78, 5) is 12.5. The summed E-state index contributed by atoms with van der Waals surface area (Å²) in [7, 11) is 1.60. The van der Waals surface area contributed by atoms with Gasteiger partial charge in [-0.25, -0.2) is 0 Å². The van der Waals surface area contributed by atoms with Crippen LogP contribution in [0.3, 0.4) is 0 Å². The fourth-order valence-corrected chi connectivity index (χ4v) is 2.59. The predicted molar refractivity (Wildman–Crippen MR) is 88.6 cm³/mol. The Balaban J connectivity index is 1.59. The van der Waals surface area contributed by atoms with Crippen molar-refractivity contribution in [2.45, 2.75) is 38.7 Å². The van der Waals surface area contributed by atoms with Crippen molar-refractivity contribution in [3.63, 3.8) is 0 Å². The van der Waals surface area contributed by atoms with Crippen molar-refractivity contribution in [3.05, 3.63) is 41.3 Å². The predicted octanol–water partition coefficient (Wildman–Crippen LogP) is 3.07. The van der Waals surface area contributed by atoms with Crippen molar-refractivity contribution >= 4 is 5.91 Å². The van der Waals surface area contributed by atoms with Crippen molar-refractivity contribution < 1.29 is 18.8 Å². The molecule has 1 aliphatic rings. The number of carbonyl (C=O) groups is 1. The van der Waals surface area contributed by atoms with E-state index in [0.717, 1.165) is 12.8 Å². The number of nitrogens with zero attached hydrogens (tertiary/aromatic N) is 1. The molecule has 24 heavy (non-hydrogen) atoms. The largest absolute Gasteiger partial charge is 0.493 e. The topological polar surface area (TPSA) is 73.6 Å². The van der Waals surface area contributed by atoms with Gasteiger partial charge in [0.2, 0.25) is 0 Å². The van der Waals surface area contributed by atoms with Gasteiger partial charge in [0, 0.05) is 5.92 Å². The summed E-state index contributed by atoms with van der Waals surface area (Å²) < 4.78 is 16.4. The highest BCUT2D eigenvalue weighted by atomic mass is 16.5. The number of aryl methyl sites for hydroxylation is 1. The van der Waals surface area contributed by atoms with Gasteiger partial charge in [-0.2, -0.15) is 0 Å². The molecular weight excluding hydrogens is 308 g/mol. The quantitative estimate of drug-likeness (QED) is 0.844. The molecule has 1 aliphatic carbocycles. The number of nitrogens with one attached hydrogen (secondary N) is 1. The molecule has 0 radical (unpaired) electrons. The zero-order valence-corrected chi connectivity index (χ0v) is 14.2. The molecule has 6 heteroatoms. The first-order chi connectivity index (χ1) is 11.6. The molecule has 1 aromatic carbocycles. The molecule has 1 heterocycles. The second-order valence-electron chi connectivity index (χ2n) is 6.07. The van der Waals surface area contributed by atoms with E-state index in [1.54, 1.807) is 14.0 Å². The SMILES string of the molecule is COc1ccccc1OC(C)CNC(=O)c1c(C)noc1C1CC1. The molecule has 1 amide bonds. The Kier molecular flexibility index (Phi) is 4.74. The molecule has 1 N–H and O–H groups in total. The first kappa shape index (κ1) is 16.4. The van der Waals surface area contributed by atoms with Crippen LogP contribution in [0.15, 0.2) is 28.8 Å². The van der Waals surface area contributed by atoms with Gasteiger partial charge in [0.25, 0.3) is 5.91 Å². The Morgan fingerprint density at radius 1 is 1.38 bits per heavy atom. The zero-order valence-electron chi connectivity index (χ0n) is 14.2. The number of benzene rings is 1. The van der Waals surface area contributed by atoms with Crippen LogP contribution in [0.4, 0.5) is 0 Å². The molecule has 1 saturated carbocycles. The molecule has 1 fully saturated rings. The van der Waals surface area contributed by atoms with E-state index in [9.17, 15) is 4.79 Å². The second-order valence-corrected chi connectivity index (χ2v) is 6.07. The number of carbonyl (C=O) groups excluding carboxylic acids is 1. The Labute approximate surface area is 141 Å². The summed E-state index contributed by atoms with van der Waals surface area (Å²) in [6.45, 7) is 4.07. The number of hydrogen-bond acceptors (Lipinski definition) is 5. The van der Waals surface area contributed by atoms with Crippen molar-refractivity contribution in [2.75, 3.05) is 13.7 Å². The van der Waals surface area contributed by atoms with Crippen molar-refractivity contribution in [1.82, 2.24) is 10.5 Å². The third-order valence-corrected chi connectivity index (χ3v) is 4.01. The minimum Gasteiger partial charge on any atom is -0.493 e. The lowest BCUT2D eigenvalue weighted by Gasteiger charge is -2.17. The molecular formula is C18H22N2O4. The number of rotatable bonds is 7. The smallest absolute Gasteiger partial charge is 0.256 e. The molecule has 1 aromatic heterocycles. The minimum absolute atomic E-state index is 0.161. The summed E-state index contributed by atoms with van der Waals surface area (Å²) >= 11 is 0. The maximum absolute atomic E-state index is 12.5.